The first-order chi connectivity index (χ1) is 6.18. The average molecular weight is 178 g/mol. The highest BCUT2D eigenvalue weighted by atomic mass is 19.1. The van der Waals surface area contributed by atoms with E-state index in [0.717, 1.165) is 0 Å². The summed E-state index contributed by atoms with van der Waals surface area (Å²) in [6.07, 6.45) is 1.25. The highest BCUT2D eigenvalue weighted by Gasteiger charge is 2.05. The molecule has 1 aromatic carbocycles. The second kappa shape index (κ2) is 2.58. The van der Waals surface area contributed by atoms with Crippen LogP contribution in [0.5, 0.6) is 0 Å². The van der Waals surface area contributed by atoms with Crippen molar-refractivity contribution in [2.75, 3.05) is 0 Å². The van der Waals surface area contributed by atoms with Crippen molar-refractivity contribution in [3.8, 4) is 0 Å². The van der Waals surface area contributed by atoms with Crippen LogP contribution in [-0.2, 0) is 0 Å². The second-order valence-electron chi connectivity index (χ2n) is 2.76. The standard InChI is InChI=1S/C9H7FN2O/c10-7-4-12-8-3-5(9(11)13)1-2-6(7)8/h1-4,12H,(H2,11,13). The number of carbonyl (C=O) groups excluding carboxylic acids is 1. The summed E-state index contributed by atoms with van der Waals surface area (Å²) in [5.74, 6) is -0.845. The molecule has 1 aromatic heterocycles. The summed E-state index contributed by atoms with van der Waals surface area (Å²) in [5.41, 5.74) is 6.01. The van der Waals surface area contributed by atoms with Gasteiger partial charge in [-0.2, -0.15) is 0 Å². The molecule has 1 heterocycles. The van der Waals surface area contributed by atoms with Crippen molar-refractivity contribution in [3.05, 3.63) is 35.8 Å². The molecule has 0 fully saturated rings. The fraction of sp³-hybridized carbons (Fsp3) is 0. The van der Waals surface area contributed by atoms with Gasteiger partial charge in [0, 0.05) is 22.7 Å². The van der Waals surface area contributed by atoms with E-state index >= 15 is 0 Å². The Hall–Kier alpha value is -1.84. The number of benzene rings is 1. The zero-order valence-electron chi connectivity index (χ0n) is 6.67. The normalized spacial score (nSPS) is 10.5. The van der Waals surface area contributed by atoms with Gasteiger partial charge < -0.3 is 10.7 Å². The zero-order chi connectivity index (χ0) is 9.42. The van der Waals surface area contributed by atoms with Crippen molar-refractivity contribution in [1.29, 1.82) is 0 Å². The van der Waals surface area contributed by atoms with Gasteiger partial charge in [-0.1, -0.05) is 0 Å². The number of amides is 1. The molecule has 0 aliphatic carbocycles. The molecule has 4 heteroatoms. The number of nitrogens with two attached hydrogens (primary N) is 1. The molecule has 0 unspecified atom stereocenters. The van der Waals surface area contributed by atoms with Crippen molar-refractivity contribution in [2.24, 2.45) is 5.73 Å². The molecule has 66 valence electrons. The Labute approximate surface area is 73.4 Å². The van der Waals surface area contributed by atoms with E-state index in [9.17, 15) is 9.18 Å². The van der Waals surface area contributed by atoms with Gasteiger partial charge in [0.1, 0.15) is 5.82 Å². The van der Waals surface area contributed by atoms with E-state index in [1.807, 2.05) is 0 Å². The van der Waals surface area contributed by atoms with Crippen LogP contribution >= 0.6 is 0 Å². The summed E-state index contributed by atoms with van der Waals surface area (Å²) in [6, 6.07) is 4.56. The molecule has 2 aromatic rings. The molecule has 2 rings (SSSR count). The summed E-state index contributed by atoms with van der Waals surface area (Å²) >= 11 is 0. The average Bonchev–Trinajstić information content (AvgIpc) is 2.47. The largest absolute Gasteiger partial charge is 0.366 e. The lowest BCUT2D eigenvalue weighted by Gasteiger charge is -1.94. The van der Waals surface area contributed by atoms with Crippen LogP contribution in [0.3, 0.4) is 0 Å². The summed E-state index contributed by atoms with van der Waals surface area (Å²) in [7, 11) is 0. The van der Waals surface area contributed by atoms with E-state index in [1.54, 1.807) is 0 Å². The number of hydrogen-bond acceptors (Lipinski definition) is 1. The summed E-state index contributed by atoms with van der Waals surface area (Å²) < 4.78 is 12.9. The number of hydrogen-bond donors (Lipinski definition) is 2. The van der Waals surface area contributed by atoms with Gasteiger partial charge in [0.25, 0.3) is 0 Å². The van der Waals surface area contributed by atoms with E-state index in [1.165, 1.54) is 24.4 Å². The van der Waals surface area contributed by atoms with E-state index < -0.39 is 5.91 Å². The number of nitrogens with one attached hydrogen (secondary N) is 1. The molecular formula is C9H7FN2O. The Balaban J connectivity index is 2.70. The SMILES string of the molecule is NC(=O)c1ccc2c(F)c[nH]c2c1. The first-order valence-electron chi connectivity index (χ1n) is 3.75. The number of aromatic amines is 1. The fourth-order valence-electron chi connectivity index (χ4n) is 1.24. The maximum absolute atomic E-state index is 12.9. The van der Waals surface area contributed by atoms with E-state index in [0.29, 0.717) is 16.5 Å². The number of rotatable bonds is 1. The fourth-order valence-corrected chi connectivity index (χ4v) is 1.24. The first kappa shape index (κ1) is 7.79. The Kier molecular flexibility index (Phi) is 1.55. The van der Waals surface area contributed by atoms with Gasteiger partial charge in [-0.05, 0) is 18.2 Å². The van der Waals surface area contributed by atoms with Gasteiger partial charge in [-0.15, -0.1) is 0 Å². The molecule has 13 heavy (non-hydrogen) atoms. The maximum Gasteiger partial charge on any atom is 0.248 e. The van der Waals surface area contributed by atoms with Crippen molar-refractivity contribution in [2.45, 2.75) is 0 Å². The highest BCUT2D eigenvalue weighted by molar-refractivity contribution is 5.96. The van der Waals surface area contributed by atoms with Crippen LogP contribution in [-0.4, -0.2) is 10.9 Å². The van der Waals surface area contributed by atoms with E-state index in [2.05, 4.69) is 4.98 Å². The summed E-state index contributed by atoms with van der Waals surface area (Å²) in [5, 5.41) is 0.463. The predicted molar refractivity (Wildman–Crippen MR) is 46.8 cm³/mol. The number of H-pyrrole nitrogens is 1. The van der Waals surface area contributed by atoms with Crippen LogP contribution < -0.4 is 5.73 Å². The minimum absolute atomic E-state index is 0.328. The number of halogens is 1. The molecule has 0 aliphatic rings. The van der Waals surface area contributed by atoms with Crippen molar-refractivity contribution in [1.82, 2.24) is 4.98 Å². The smallest absolute Gasteiger partial charge is 0.248 e. The zero-order valence-corrected chi connectivity index (χ0v) is 6.67. The highest BCUT2D eigenvalue weighted by Crippen LogP contribution is 2.17. The van der Waals surface area contributed by atoms with Crippen LogP contribution in [0.4, 0.5) is 4.39 Å². The Morgan fingerprint density at radius 3 is 2.92 bits per heavy atom. The number of primary amides is 1. The van der Waals surface area contributed by atoms with Crippen molar-refractivity contribution >= 4 is 16.8 Å². The lowest BCUT2D eigenvalue weighted by molar-refractivity contribution is 0.100. The van der Waals surface area contributed by atoms with Crippen molar-refractivity contribution < 1.29 is 9.18 Å². The van der Waals surface area contributed by atoms with Gasteiger partial charge in [0.2, 0.25) is 5.91 Å². The van der Waals surface area contributed by atoms with Crippen LogP contribution in [0.25, 0.3) is 10.9 Å². The number of aromatic nitrogens is 1. The van der Waals surface area contributed by atoms with Crippen LogP contribution in [0, 0.1) is 5.82 Å². The van der Waals surface area contributed by atoms with Gasteiger partial charge in [0.05, 0.1) is 0 Å². The third-order valence-electron chi connectivity index (χ3n) is 1.92. The van der Waals surface area contributed by atoms with Crippen molar-refractivity contribution in [3.63, 3.8) is 0 Å². The molecule has 0 saturated heterocycles. The predicted octanol–water partition coefficient (Wildman–Crippen LogP) is 1.41. The molecule has 0 atom stereocenters. The number of fused-ring (bicyclic) bond motifs is 1. The molecule has 3 N–H and O–H groups in total. The van der Waals surface area contributed by atoms with Crippen LogP contribution in [0.15, 0.2) is 24.4 Å². The van der Waals surface area contributed by atoms with Crippen LogP contribution in [0.1, 0.15) is 10.4 Å². The molecule has 0 saturated carbocycles. The second-order valence-corrected chi connectivity index (χ2v) is 2.76. The quantitative estimate of drug-likeness (QED) is 0.681. The first-order valence-corrected chi connectivity index (χ1v) is 3.75. The molecule has 0 aliphatic heterocycles. The summed E-state index contributed by atoms with van der Waals surface area (Å²) in [4.78, 5) is 13.5. The van der Waals surface area contributed by atoms with Gasteiger partial charge in [-0.3, -0.25) is 4.79 Å². The lowest BCUT2D eigenvalue weighted by atomic mass is 10.1. The third-order valence-corrected chi connectivity index (χ3v) is 1.92. The number of carbonyl (C=O) groups is 1. The Morgan fingerprint density at radius 1 is 1.46 bits per heavy atom. The van der Waals surface area contributed by atoms with E-state index in [4.69, 9.17) is 5.73 Å². The van der Waals surface area contributed by atoms with Gasteiger partial charge >= 0.3 is 0 Å². The lowest BCUT2D eigenvalue weighted by Crippen LogP contribution is -2.10. The topological polar surface area (TPSA) is 58.9 Å². The molecule has 1 amide bonds. The molecule has 0 bridgehead atoms. The van der Waals surface area contributed by atoms with E-state index in [-0.39, 0.29) is 5.82 Å². The molecular weight excluding hydrogens is 171 g/mol. The Morgan fingerprint density at radius 2 is 2.23 bits per heavy atom. The maximum atomic E-state index is 12.9. The molecule has 0 spiro atoms. The molecule has 0 radical (unpaired) electrons. The molecule has 3 nitrogen and oxygen atoms in total. The van der Waals surface area contributed by atoms with Crippen LogP contribution in [0.2, 0.25) is 0 Å². The van der Waals surface area contributed by atoms with Gasteiger partial charge in [-0.25, -0.2) is 4.39 Å². The minimum atomic E-state index is -0.517. The Bertz CT molecular complexity index is 475. The minimum Gasteiger partial charge on any atom is -0.366 e. The van der Waals surface area contributed by atoms with Gasteiger partial charge in [0.15, 0.2) is 0 Å². The monoisotopic (exact) mass is 178 g/mol. The summed E-state index contributed by atoms with van der Waals surface area (Å²) in [6.45, 7) is 0. The third kappa shape index (κ3) is 1.16.